The van der Waals surface area contributed by atoms with Crippen molar-refractivity contribution < 1.29 is 14.3 Å². The first-order valence-corrected chi connectivity index (χ1v) is 10.9. The van der Waals surface area contributed by atoms with Crippen LogP contribution in [0.1, 0.15) is 29.1 Å². The topological polar surface area (TPSA) is 93.5 Å². The minimum atomic E-state index is -0.397. The van der Waals surface area contributed by atoms with Gasteiger partial charge in [-0.1, -0.05) is 11.6 Å². The summed E-state index contributed by atoms with van der Waals surface area (Å²) in [5.74, 6) is -0.0923. The second-order valence-corrected chi connectivity index (χ2v) is 8.21. The van der Waals surface area contributed by atoms with Gasteiger partial charge < -0.3 is 15.0 Å². The van der Waals surface area contributed by atoms with E-state index in [1.54, 1.807) is 30.0 Å². The lowest BCUT2D eigenvalue weighted by molar-refractivity contribution is -0.131. The molecular weight excluding hydrogens is 440 g/mol. The van der Waals surface area contributed by atoms with Crippen LogP contribution >= 0.6 is 22.9 Å². The molecule has 0 radical (unpaired) electrons. The Bertz CT molecular complexity index is 1200. The van der Waals surface area contributed by atoms with Gasteiger partial charge in [-0.2, -0.15) is 0 Å². The van der Waals surface area contributed by atoms with Gasteiger partial charge in [-0.15, -0.1) is 11.3 Å². The van der Waals surface area contributed by atoms with Gasteiger partial charge in [0, 0.05) is 18.1 Å². The lowest BCUT2D eigenvalue weighted by Crippen LogP contribution is -2.36. The number of benzene rings is 1. The van der Waals surface area contributed by atoms with E-state index in [1.165, 1.54) is 18.0 Å². The fourth-order valence-corrected chi connectivity index (χ4v) is 4.47. The van der Waals surface area contributed by atoms with Crippen LogP contribution in [-0.4, -0.2) is 46.5 Å². The molecule has 2 heterocycles. The first-order chi connectivity index (χ1) is 14.8. The molecule has 1 N–H and O–H groups in total. The highest BCUT2D eigenvalue weighted by molar-refractivity contribution is 7.20. The van der Waals surface area contributed by atoms with Crippen LogP contribution < -0.4 is 15.6 Å². The van der Waals surface area contributed by atoms with E-state index in [2.05, 4.69) is 10.3 Å². The zero-order valence-electron chi connectivity index (χ0n) is 17.7. The molecular formula is C21H23ClN4O4S. The number of nitrogens with one attached hydrogen (secondary N) is 1. The molecule has 0 fully saturated rings. The Morgan fingerprint density at radius 1 is 1.29 bits per heavy atom. The Labute approximate surface area is 188 Å². The second-order valence-electron chi connectivity index (χ2n) is 6.78. The number of amides is 2. The number of aryl methyl sites for hydroxylation is 1. The summed E-state index contributed by atoms with van der Waals surface area (Å²) < 4.78 is 6.55. The molecule has 2 amide bonds. The van der Waals surface area contributed by atoms with Gasteiger partial charge in [0.05, 0.1) is 29.4 Å². The number of hydrogen-bond donors (Lipinski definition) is 1. The third-order valence-corrected chi connectivity index (χ3v) is 6.39. The van der Waals surface area contributed by atoms with Crippen LogP contribution in [0.4, 0.5) is 5.69 Å². The van der Waals surface area contributed by atoms with Crippen molar-refractivity contribution >= 4 is 50.7 Å². The maximum Gasteiger partial charge on any atom is 0.266 e. The Kier molecular flexibility index (Phi) is 6.97. The zero-order chi connectivity index (χ0) is 22.7. The van der Waals surface area contributed by atoms with Gasteiger partial charge in [-0.25, -0.2) is 4.98 Å². The Morgan fingerprint density at radius 3 is 2.65 bits per heavy atom. The number of ether oxygens (including phenoxy) is 1. The van der Waals surface area contributed by atoms with E-state index < -0.39 is 5.91 Å². The number of likely N-dealkylation sites (N-methyl/N-ethyl adjacent to an activating group) is 1. The van der Waals surface area contributed by atoms with Crippen LogP contribution in [0.25, 0.3) is 10.2 Å². The van der Waals surface area contributed by atoms with Crippen molar-refractivity contribution in [3.63, 3.8) is 0 Å². The van der Waals surface area contributed by atoms with Gasteiger partial charge in [0.15, 0.2) is 0 Å². The molecule has 2 aromatic heterocycles. The smallest absolute Gasteiger partial charge is 0.266 e. The molecule has 0 unspecified atom stereocenters. The van der Waals surface area contributed by atoms with Gasteiger partial charge in [-0.3, -0.25) is 19.0 Å². The summed E-state index contributed by atoms with van der Waals surface area (Å²) >= 11 is 7.15. The third kappa shape index (κ3) is 4.57. The molecule has 0 saturated heterocycles. The summed E-state index contributed by atoms with van der Waals surface area (Å²) in [6.07, 6.45) is 1.35. The van der Waals surface area contributed by atoms with Crippen LogP contribution in [-0.2, 0) is 11.3 Å². The SMILES string of the molecule is CCN(CC)C(=O)Cn1cnc2sc(C(=O)Nc3cc(Cl)ccc3OC)c(C)c2c1=O. The first-order valence-electron chi connectivity index (χ1n) is 9.71. The van der Waals surface area contributed by atoms with Crippen molar-refractivity contribution in [1.29, 1.82) is 0 Å². The van der Waals surface area contributed by atoms with E-state index in [1.807, 2.05) is 13.8 Å². The van der Waals surface area contributed by atoms with Gasteiger partial charge in [0.25, 0.3) is 11.5 Å². The molecule has 8 nitrogen and oxygen atoms in total. The molecule has 3 rings (SSSR count). The van der Waals surface area contributed by atoms with Crippen molar-refractivity contribution in [2.24, 2.45) is 0 Å². The lowest BCUT2D eigenvalue weighted by Gasteiger charge is -2.18. The van der Waals surface area contributed by atoms with E-state index >= 15 is 0 Å². The van der Waals surface area contributed by atoms with Crippen molar-refractivity contribution in [2.75, 3.05) is 25.5 Å². The van der Waals surface area contributed by atoms with E-state index in [4.69, 9.17) is 16.3 Å². The van der Waals surface area contributed by atoms with Crippen LogP contribution in [0.3, 0.4) is 0 Å². The van der Waals surface area contributed by atoms with Crippen molar-refractivity contribution in [1.82, 2.24) is 14.5 Å². The summed E-state index contributed by atoms with van der Waals surface area (Å²) in [6.45, 7) is 6.49. The molecule has 0 spiro atoms. The second kappa shape index (κ2) is 9.49. The summed E-state index contributed by atoms with van der Waals surface area (Å²) in [5, 5.41) is 3.57. The maximum atomic E-state index is 13.0. The van der Waals surface area contributed by atoms with Crippen molar-refractivity contribution in [3.8, 4) is 5.75 Å². The van der Waals surface area contributed by atoms with Gasteiger partial charge in [0.1, 0.15) is 17.1 Å². The highest BCUT2D eigenvalue weighted by Crippen LogP contribution is 2.31. The van der Waals surface area contributed by atoms with Crippen molar-refractivity contribution in [3.05, 3.63) is 50.3 Å². The molecule has 31 heavy (non-hydrogen) atoms. The monoisotopic (exact) mass is 462 g/mol. The molecule has 164 valence electrons. The number of nitrogens with zero attached hydrogens (tertiary/aromatic N) is 3. The van der Waals surface area contributed by atoms with Crippen molar-refractivity contribution in [2.45, 2.75) is 27.3 Å². The van der Waals surface area contributed by atoms with E-state index in [0.29, 0.717) is 50.2 Å². The Morgan fingerprint density at radius 2 is 2.00 bits per heavy atom. The average molecular weight is 463 g/mol. The molecule has 0 aliphatic heterocycles. The van der Waals surface area contributed by atoms with Gasteiger partial charge >= 0.3 is 0 Å². The highest BCUT2D eigenvalue weighted by Gasteiger charge is 2.21. The summed E-state index contributed by atoms with van der Waals surface area (Å²) in [5.41, 5.74) is 0.589. The predicted octanol–water partition coefficient (Wildman–Crippen LogP) is 3.55. The molecule has 0 atom stereocenters. The standard InChI is InChI=1S/C21H23ClN4O4S/c1-5-25(6-2)16(27)10-26-11-23-20-17(21(26)29)12(3)18(31-20)19(28)24-14-9-13(22)7-8-15(14)30-4/h7-9,11H,5-6,10H2,1-4H3,(H,24,28). The fourth-order valence-electron chi connectivity index (χ4n) is 3.27. The lowest BCUT2D eigenvalue weighted by atomic mass is 10.2. The fraction of sp³-hybridized carbons (Fsp3) is 0.333. The number of anilines is 1. The number of hydrogen-bond acceptors (Lipinski definition) is 6. The number of carbonyl (C=O) groups is 2. The summed E-state index contributed by atoms with van der Waals surface area (Å²) in [6, 6.07) is 4.90. The van der Waals surface area contributed by atoms with E-state index in [9.17, 15) is 14.4 Å². The average Bonchev–Trinajstić information content (AvgIpc) is 3.08. The van der Waals surface area contributed by atoms with Gasteiger partial charge in [-0.05, 0) is 44.5 Å². The molecule has 3 aromatic rings. The molecule has 1 aromatic carbocycles. The number of aromatic nitrogens is 2. The van der Waals surface area contributed by atoms with Crippen LogP contribution in [0.15, 0.2) is 29.3 Å². The highest BCUT2D eigenvalue weighted by atomic mass is 35.5. The zero-order valence-corrected chi connectivity index (χ0v) is 19.3. The number of carbonyl (C=O) groups excluding carboxylic acids is 2. The number of fused-ring (bicyclic) bond motifs is 1. The third-order valence-electron chi connectivity index (χ3n) is 4.96. The minimum absolute atomic E-state index is 0.0972. The first kappa shape index (κ1) is 22.8. The van der Waals surface area contributed by atoms with E-state index in [0.717, 1.165) is 11.3 Å². The Hall–Kier alpha value is -2.91. The number of rotatable bonds is 7. The van der Waals surface area contributed by atoms with E-state index in [-0.39, 0.29) is 18.0 Å². The van der Waals surface area contributed by atoms with Crippen LogP contribution in [0, 0.1) is 6.92 Å². The quantitative estimate of drug-likeness (QED) is 0.579. The van der Waals surface area contributed by atoms with Gasteiger partial charge in [0.2, 0.25) is 5.91 Å². The minimum Gasteiger partial charge on any atom is -0.495 e. The number of methoxy groups -OCH3 is 1. The molecule has 0 saturated carbocycles. The normalized spacial score (nSPS) is 10.9. The molecule has 0 bridgehead atoms. The van der Waals surface area contributed by atoms with Crippen LogP contribution in [0.5, 0.6) is 5.75 Å². The summed E-state index contributed by atoms with van der Waals surface area (Å²) in [7, 11) is 1.50. The van der Waals surface area contributed by atoms with Crippen LogP contribution in [0.2, 0.25) is 5.02 Å². The Balaban J connectivity index is 1.95. The molecule has 0 aliphatic rings. The number of thiophene rings is 1. The largest absolute Gasteiger partial charge is 0.495 e. The number of halogens is 1. The predicted molar refractivity (Wildman–Crippen MR) is 123 cm³/mol. The molecule has 0 aliphatic carbocycles. The summed E-state index contributed by atoms with van der Waals surface area (Å²) in [4.78, 5) is 45.1. The molecule has 10 heteroatoms. The maximum absolute atomic E-state index is 13.0.